The van der Waals surface area contributed by atoms with Gasteiger partial charge in [0.2, 0.25) is 12.3 Å². The minimum Gasteiger partial charge on any atom is -0.342 e. The van der Waals surface area contributed by atoms with Crippen LogP contribution in [0.1, 0.15) is 12.0 Å². The van der Waals surface area contributed by atoms with Crippen LogP contribution in [-0.2, 0) is 19.4 Å². The summed E-state index contributed by atoms with van der Waals surface area (Å²) in [4.78, 5) is 26.1. The summed E-state index contributed by atoms with van der Waals surface area (Å²) in [5, 5.41) is 4.08. The number of amides is 2. The molecule has 22 heavy (non-hydrogen) atoms. The molecular weight excluding hydrogens is 326 g/mol. The molecule has 122 valence electrons. The molecule has 0 aliphatic carbocycles. The van der Waals surface area contributed by atoms with E-state index in [-0.39, 0.29) is 18.1 Å². The molecule has 0 aliphatic heterocycles. The number of rotatable bonds is 9. The topological polar surface area (TPSA) is 105 Å². The van der Waals surface area contributed by atoms with E-state index in [0.29, 0.717) is 17.9 Å². The first-order valence-electron chi connectivity index (χ1n) is 6.51. The molecular formula is C13H19N3O4S2. The summed E-state index contributed by atoms with van der Waals surface area (Å²) in [6.07, 6.45) is 4.90. The molecule has 1 aromatic heterocycles. The lowest BCUT2D eigenvalue weighted by molar-refractivity contribution is -0.115. The smallest absolute Gasteiger partial charge is 0.225 e. The largest absolute Gasteiger partial charge is 0.342 e. The standard InChI is InChI=1S/C13H19N3O4S2/c1-10-3-5-14-7-11(10)16-12(18)4-6-21-8-13(15-9-17)22(2,19)20/h3,5,7,9,13H,4,6,8H2,1-2H3,(H,15,17)(H,16,18). The molecule has 1 unspecified atom stereocenters. The molecule has 2 amide bonds. The van der Waals surface area contributed by atoms with E-state index in [1.165, 1.54) is 11.8 Å². The quantitative estimate of drug-likeness (QED) is 0.501. The number of sulfone groups is 1. The predicted molar refractivity (Wildman–Crippen MR) is 87.4 cm³/mol. The summed E-state index contributed by atoms with van der Waals surface area (Å²) in [6, 6.07) is 1.80. The Morgan fingerprint density at radius 3 is 2.82 bits per heavy atom. The predicted octanol–water partition coefficient (Wildman–Crippen LogP) is 0.569. The minimum absolute atomic E-state index is 0.164. The second-order valence-corrected chi connectivity index (χ2v) is 8.04. The van der Waals surface area contributed by atoms with Crippen LogP contribution in [0.25, 0.3) is 0 Å². The highest BCUT2D eigenvalue weighted by atomic mass is 32.2. The van der Waals surface area contributed by atoms with Crippen LogP contribution in [0.5, 0.6) is 0 Å². The Balaban J connectivity index is 2.36. The van der Waals surface area contributed by atoms with Crippen molar-refractivity contribution in [2.24, 2.45) is 0 Å². The number of carbonyl (C=O) groups is 2. The van der Waals surface area contributed by atoms with Crippen molar-refractivity contribution in [3.8, 4) is 0 Å². The number of nitrogens with zero attached hydrogens (tertiary/aromatic N) is 1. The van der Waals surface area contributed by atoms with Crippen LogP contribution < -0.4 is 10.6 Å². The van der Waals surface area contributed by atoms with Gasteiger partial charge in [-0.1, -0.05) is 0 Å². The van der Waals surface area contributed by atoms with Gasteiger partial charge in [0.15, 0.2) is 9.84 Å². The van der Waals surface area contributed by atoms with Crippen molar-refractivity contribution < 1.29 is 18.0 Å². The summed E-state index contributed by atoms with van der Waals surface area (Å²) >= 11 is 1.29. The number of carbonyl (C=O) groups excluding carboxylic acids is 2. The lowest BCUT2D eigenvalue weighted by atomic mass is 10.2. The van der Waals surface area contributed by atoms with Crippen LogP contribution in [0.15, 0.2) is 18.5 Å². The third-order valence-corrected chi connectivity index (χ3v) is 5.44. The van der Waals surface area contributed by atoms with Gasteiger partial charge >= 0.3 is 0 Å². The highest BCUT2D eigenvalue weighted by Gasteiger charge is 2.19. The zero-order chi connectivity index (χ0) is 16.6. The molecule has 0 radical (unpaired) electrons. The first kappa shape index (κ1) is 18.4. The number of nitrogens with one attached hydrogen (secondary N) is 2. The van der Waals surface area contributed by atoms with Crippen LogP contribution in [0.2, 0.25) is 0 Å². The lowest BCUT2D eigenvalue weighted by Crippen LogP contribution is -2.37. The van der Waals surface area contributed by atoms with Crippen molar-refractivity contribution in [1.29, 1.82) is 0 Å². The van der Waals surface area contributed by atoms with Gasteiger partial charge in [-0.05, 0) is 18.6 Å². The van der Waals surface area contributed by atoms with Gasteiger partial charge in [0.25, 0.3) is 0 Å². The van der Waals surface area contributed by atoms with E-state index in [2.05, 4.69) is 15.6 Å². The molecule has 1 rings (SSSR count). The maximum absolute atomic E-state index is 11.8. The molecule has 1 atom stereocenters. The average Bonchev–Trinajstić information content (AvgIpc) is 2.43. The van der Waals surface area contributed by atoms with Crippen molar-refractivity contribution in [2.45, 2.75) is 18.7 Å². The van der Waals surface area contributed by atoms with Crippen molar-refractivity contribution in [3.63, 3.8) is 0 Å². The van der Waals surface area contributed by atoms with Crippen molar-refractivity contribution in [2.75, 3.05) is 23.1 Å². The second kappa shape index (κ2) is 8.74. The molecule has 2 N–H and O–H groups in total. The van der Waals surface area contributed by atoms with Gasteiger partial charge in [0.1, 0.15) is 5.37 Å². The van der Waals surface area contributed by atoms with Crippen LogP contribution in [-0.4, -0.2) is 48.9 Å². The van der Waals surface area contributed by atoms with E-state index in [1.807, 2.05) is 6.92 Å². The Kier molecular flexibility index (Phi) is 7.33. The molecule has 9 heteroatoms. The van der Waals surface area contributed by atoms with Gasteiger partial charge in [0.05, 0.1) is 11.9 Å². The first-order chi connectivity index (χ1) is 10.3. The van der Waals surface area contributed by atoms with Gasteiger partial charge in [-0.3, -0.25) is 14.6 Å². The van der Waals surface area contributed by atoms with Crippen molar-refractivity contribution in [3.05, 3.63) is 24.0 Å². The van der Waals surface area contributed by atoms with E-state index in [9.17, 15) is 18.0 Å². The number of thioether (sulfide) groups is 1. The Hall–Kier alpha value is -1.61. The monoisotopic (exact) mass is 345 g/mol. The van der Waals surface area contributed by atoms with Crippen molar-refractivity contribution in [1.82, 2.24) is 10.3 Å². The lowest BCUT2D eigenvalue weighted by Gasteiger charge is -2.13. The van der Waals surface area contributed by atoms with E-state index in [0.717, 1.165) is 11.8 Å². The number of hydrogen-bond acceptors (Lipinski definition) is 6. The Morgan fingerprint density at radius 2 is 2.23 bits per heavy atom. The fraction of sp³-hybridized carbons (Fsp3) is 0.462. The van der Waals surface area contributed by atoms with Crippen LogP contribution in [0.4, 0.5) is 5.69 Å². The van der Waals surface area contributed by atoms with Gasteiger partial charge in [-0.15, -0.1) is 0 Å². The van der Waals surface area contributed by atoms with Crippen LogP contribution >= 0.6 is 11.8 Å². The van der Waals surface area contributed by atoms with Gasteiger partial charge in [-0.2, -0.15) is 11.8 Å². The highest BCUT2D eigenvalue weighted by Crippen LogP contribution is 2.13. The molecule has 0 spiro atoms. The summed E-state index contributed by atoms with van der Waals surface area (Å²) < 4.78 is 22.8. The fourth-order valence-corrected chi connectivity index (χ4v) is 3.92. The summed E-state index contributed by atoms with van der Waals surface area (Å²) in [6.45, 7) is 1.87. The first-order valence-corrected chi connectivity index (χ1v) is 9.62. The maximum atomic E-state index is 11.8. The molecule has 1 aromatic rings. The second-order valence-electron chi connectivity index (χ2n) is 4.67. The Morgan fingerprint density at radius 1 is 1.50 bits per heavy atom. The number of pyridine rings is 1. The van der Waals surface area contributed by atoms with Gasteiger partial charge < -0.3 is 10.6 Å². The maximum Gasteiger partial charge on any atom is 0.225 e. The SMILES string of the molecule is Cc1ccncc1NC(=O)CCSCC(NC=O)S(C)(=O)=O. The molecule has 1 heterocycles. The van der Waals surface area contributed by atoms with Gasteiger partial charge in [0, 0.05) is 30.4 Å². The molecule has 0 fully saturated rings. The third kappa shape index (κ3) is 6.44. The van der Waals surface area contributed by atoms with E-state index in [4.69, 9.17) is 0 Å². The van der Waals surface area contributed by atoms with E-state index >= 15 is 0 Å². The zero-order valence-electron chi connectivity index (χ0n) is 12.4. The number of anilines is 1. The number of aromatic nitrogens is 1. The molecule has 0 bridgehead atoms. The van der Waals surface area contributed by atoms with Crippen LogP contribution in [0, 0.1) is 6.92 Å². The Bertz CT molecular complexity index is 619. The molecule has 0 aliphatic rings. The zero-order valence-corrected chi connectivity index (χ0v) is 14.0. The Labute approximate surface area is 134 Å². The summed E-state index contributed by atoms with van der Waals surface area (Å²) in [7, 11) is -3.35. The fourth-order valence-electron chi connectivity index (χ4n) is 1.53. The summed E-state index contributed by atoms with van der Waals surface area (Å²) in [5.41, 5.74) is 1.58. The highest BCUT2D eigenvalue weighted by molar-refractivity contribution is 8.00. The normalized spacial score (nSPS) is 12.5. The molecule has 0 saturated heterocycles. The van der Waals surface area contributed by atoms with Crippen molar-refractivity contribution >= 4 is 39.6 Å². The van der Waals surface area contributed by atoms with E-state index in [1.54, 1.807) is 18.5 Å². The van der Waals surface area contributed by atoms with Crippen LogP contribution in [0.3, 0.4) is 0 Å². The third-order valence-electron chi connectivity index (χ3n) is 2.83. The molecule has 7 nitrogen and oxygen atoms in total. The average molecular weight is 345 g/mol. The van der Waals surface area contributed by atoms with E-state index < -0.39 is 15.2 Å². The number of hydrogen-bond donors (Lipinski definition) is 2. The molecule has 0 saturated carbocycles. The summed E-state index contributed by atoms with van der Waals surface area (Å²) in [5.74, 6) is 0.497. The van der Waals surface area contributed by atoms with Gasteiger partial charge in [-0.25, -0.2) is 8.42 Å². The molecule has 0 aromatic carbocycles. The minimum atomic E-state index is -3.35. The number of aryl methyl sites for hydroxylation is 1.